The van der Waals surface area contributed by atoms with Crippen LogP contribution < -0.4 is 5.32 Å². The van der Waals surface area contributed by atoms with E-state index in [1.807, 2.05) is 35.2 Å². The van der Waals surface area contributed by atoms with Gasteiger partial charge in [-0.2, -0.15) is 0 Å². The number of hydrogen-bond donors (Lipinski definition) is 1. The number of nitrogens with one attached hydrogen (secondary N) is 1. The van der Waals surface area contributed by atoms with Crippen LogP contribution in [0, 0.1) is 5.82 Å². The lowest BCUT2D eigenvalue weighted by molar-refractivity contribution is 0.124. The molecule has 4 rings (SSSR count). The number of urea groups is 1. The Kier molecular flexibility index (Phi) is 4.40. The number of amides is 2. The first-order valence-corrected chi connectivity index (χ1v) is 8.85. The molecular weight excluding hydrogens is 317 g/mol. The summed E-state index contributed by atoms with van der Waals surface area (Å²) in [5, 5.41) is 2.98. The molecule has 1 atom stereocenters. The van der Waals surface area contributed by atoms with E-state index in [-0.39, 0.29) is 11.8 Å². The highest BCUT2D eigenvalue weighted by Crippen LogP contribution is 2.24. The molecule has 1 N–H and O–H groups in total. The van der Waals surface area contributed by atoms with Gasteiger partial charge in [0.1, 0.15) is 5.82 Å². The molecule has 0 saturated carbocycles. The topological polar surface area (TPSA) is 35.6 Å². The average Bonchev–Trinajstić information content (AvgIpc) is 3.10. The smallest absolute Gasteiger partial charge is 0.321 e. The standard InChI is InChI=1S/C20H22FN3O/c21-17-4-1-3-16(13-17)15-6-8-18(9-7-15)22-20(25)24-12-11-23-10-2-5-19(23)14-24/h1,3-4,6-9,13,19H,2,5,10-12,14H2,(H,22,25). The summed E-state index contributed by atoms with van der Waals surface area (Å²) in [6, 6.07) is 14.5. The fraction of sp³-hybridized carbons (Fsp3) is 0.350. The van der Waals surface area contributed by atoms with Crippen molar-refractivity contribution in [2.24, 2.45) is 0 Å². The Morgan fingerprint density at radius 2 is 1.88 bits per heavy atom. The largest absolute Gasteiger partial charge is 0.322 e. The van der Waals surface area contributed by atoms with Gasteiger partial charge in [-0.3, -0.25) is 4.90 Å². The van der Waals surface area contributed by atoms with Crippen LogP contribution in [0.1, 0.15) is 12.8 Å². The first-order valence-electron chi connectivity index (χ1n) is 8.85. The van der Waals surface area contributed by atoms with Gasteiger partial charge in [-0.25, -0.2) is 9.18 Å². The number of fused-ring (bicyclic) bond motifs is 1. The molecule has 0 aromatic heterocycles. The number of anilines is 1. The Morgan fingerprint density at radius 1 is 1.04 bits per heavy atom. The number of benzene rings is 2. The van der Waals surface area contributed by atoms with Gasteiger partial charge in [0.25, 0.3) is 0 Å². The van der Waals surface area contributed by atoms with Crippen LogP contribution in [0.2, 0.25) is 0 Å². The van der Waals surface area contributed by atoms with E-state index in [4.69, 9.17) is 0 Å². The van der Waals surface area contributed by atoms with Gasteiger partial charge in [0.05, 0.1) is 0 Å². The summed E-state index contributed by atoms with van der Waals surface area (Å²) < 4.78 is 13.3. The molecule has 0 bridgehead atoms. The van der Waals surface area contributed by atoms with Crippen LogP contribution in [0.5, 0.6) is 0 Å². The van der Waals surface area contributed by atoms with E-state index in [0.29, 0.717) is 6.04 Å². The lowest BCUT2D eigenvalue weighted by atomic mass is 10.1. The average molecular weight is 339 g/mol. The molecule has 2 aromatic carbocycles. The van der Waals surface area contributed by atoms with Gasteiger partial charge in [0.2, 0.25) is 0 Å². The van der Waals surface area contributed by atoms with Crippen LogP contribution >= 0.6 is 0 Å². The molecule has 130 valence electrons. The van der Waals surface area contributed by atoms with Gasteiger partial charge in [-0.15, -0.1) is 0 Å². The van der Waals surface area contributed by atoms with Gasteiger partial charge >= 0.3 is 6.03 Å². The second-order valence-electron chi connectivity index (χ2n) is 6.80. The molecule has 2 aliphatic rings. The minimum atomic E-state index is -0.249. The van der Waals surface area contributed by atoms with E-state index in [1.54, 1.807) is 6.07 Å². The molecule has 2 heterocycles. The van der Waals surface area contributed by atoms with Crippen LogP contribution in [0.3, 0.4) is 0 Å². The first kappa shape index (κ1) is 16.1. The highest BCUT2D eigenvalue weighted by molar-refractivity contribution is 5.89. The molecule has 2 aromatic rings. The molecule has 0 spiro atoms. The first-order chi connectivity index (χ1) is 12.2. The van der Waals surface area contributed by atoms with Crippen molar-refractivity contribution in [3.05, 3.63) is 54.3 Å². The summed E-state index contributed by atoms with van der Waals surface area (Å²) in [5.74, 6) is -0.249. The highest BCUT2D eigenvalue weighted by atomic mass is 19.1. The van der Waals surface area contributed by atoms with Crippen LogP contribution in [0.25, 0.3) is 11.1 Å². The Balaban J connectivity index is 1.40. The van der Waals surface area contributed by atoms with Crippen molar-refractivity contribution in [1.29, 1.82) is 0 Å². The lowest BCUT2D eigenvalue weighted by Crippen LogP contribution is -2.53. The molecule has 0 radical (unpaired) electrons. The number of hydrogen-bond acceptors (Lipinski definition) is 2. The Hall–Kier alpha value is -2.40. The van der Waals surface area contributed by atoms with Crippen molar-refractivity contribution in [1.82, 2.24) is 9.80 Å². The second kappa shape index (κ2) is 6.84. The maximum absolute atomic E-state index is 13.3. The van der Waals surface area contributed by atoms with E-state index < -0.39 is 0 Å². The fourth-order valence-electron chi connectivity index (χ4n) is 3.79. The third-order valence-corrected chi connectivity index (χ3v) is 5.17. The zero-order valence-corrected chi connectivity index (χ0v) is 14.1. The number of carbonyl (C=O) groups is 1. The molecule has 5 heteroatoms. The van der Waals surface area contributed by atoms with E-state index in [2.05, 4.69) is 10.2 Å². The molecule has 1 unspecified atom stereocenters. The minimum Gasteiger partial charge on any atom is -0.322 e. The Bertz CT molecular complexity index is 762. The van der Waals surface area contributed by atoms with Crippen molar-refractivity contribution in [3.8, 4) is 11.1 Å². The van der Waals surface area contributed by atoms with Crippen molar-refractivity contribution in [3.63, 3.8) is 0 Å². The number of piperazine rings is 1. The van der Waals surface area contributed by atoms with Crippen LogP contribution in [-0.2, 0) is 0 Å². The predicted molar refractivity (Wildman–Crippen MR) is 97.0 cm³/mol. The fourth-order valence-corrected chi connectivity index (χ4v) is 3.79. The molecule has 0 aliphatic carbocycles. The van der Waals surface area contributed by atoms with Gasteiger partial charge in [0, 0.05) is 31.4 Å². The van der Waals surface area contributed by atoms with Crippen molar-refractivity contribution in [2.75, 3.05) is 31.5 Å². The molecule has 2 aliphatic heterocycles. The normalized spacial score (nSPS) is 20.4. The molecule has 2 saturated heterocycles. The molecule has 2 fully saturated rings. The molecular formula is C20H22FN3O. The molecule has 2 amide bonds. The summed E-state index contributed by atoms with van der Waals surface area (Å²) in [6.45, 7) is 3.73. The third kappa shape index (κ3) is 3.51. The zero-order valence-electron chi connectivity index (χ0n) is 14.1. The van der Waals surface area contributed by atoms with Gasteiger partial charge < -0.3 is 10.2 Å². The predicted octanol–water partition coefficient (Wildman–Crippen LogP) is 3.80. The van der Waals surface area contributed by atoms with Crippen molar-refractivity contribution < 1.29 is 9.18 Å². The molecule has 4 nitrogen and oxygen atoms in total. The summed E-state index contributed by atoms with van der Waals surface area (Å²) in [7, 11) is 0. The molecule has 25 heavy (non-hydrogen) atoms. The monoisotopic (exact) mass is 339 g/mol. The Morgan fingerprint density at radius 3 is 2.68 bits per heavy atom. The van der Waals surface area contributed by atoms with Gasteiger partial charge in [-0.05, 0) is 54.8 Å². The second-order valence-corrected chi connectivity index (χ2v) is 6.80. The van der Waals surface area contributed by atoms with Crippen LogP contribution in [0.4, 0.5) is 14.9 Å². The summed E-state index contributed by atoms with van der Waals surface area (Å²) in [6.07, 6.45) is 2.42. The van der Waals surface area contributed by atoms with Crippen LogP contribution in [0.15, 0.2) is 48.5 Å². The number of halogens is 1. The van der Waals surface area contributed by atoms with E-state index in [0.717, 1.165) is 36.4 Å². The number of carbonyl (C=O) groups excluding carboxylic acids is 1. The SMILES string of the molecule is O=C(Nc1ccc(-c2cccc(F)c2)cc1)N1CCN2CCCC2C1. The maximum Gasteiger partial charge on any atom is 0.321 e. The zero-order chi connectivity index (χ0) is 17.2. The highest BCUT2D eigenvalue weighted by Gasteiger charge is 2.32. The quantitative estimate of drug-likeness (QED) is 0.903. The summed E-state index contributed by atoms with van der Waals surface area (Å²) in [4.78, 5) is 16.9. The van der Waals surface area contributed by atoms with E-state index in [9.17, 15) is 9.18 Å². The third-order valence-electron chi connectivity index (χ3n) is 5.17. The number of nitrogens with zero attached hydrogens (tertiary/aromatic N) is 2. The van der Waals surface area contributed by atoms with E-state index in [1.165, 1.54) is 31.5 Å². The Labute approximate surface area is 147 Å². The van der Waals surface area contributed by atoms with Crippen molar-refractivity contribution >= 4 is 11.7 Å². The lowest BCUT2D eigenvalue weighted by Gasteiger charge is -2.37. The maximum atomic E-state index is 13.3. The summed E-state index contributed by atoms with van der Waals surface area (Å²) in [5.41, 5.74) is 2.52. The van der Waals surface area contributed by atoms with Crippen molar-refractivity contribution in [2.45, 2.75) is 18.9 Å². The minimum absolute atomic E-state index is 0.0370. The van der Waals surface area contributed by atoms with Gasteiger partial charge in [0.15, 0.2) is 0 Å². The van der Waals surface area contributed by atoms with Crippen LogP contribution in [-0.4, -0.2) is 48.1 Å². The van der Waals surface area contributed by atoms with E-state index >= 15 is 0 Å². The summed E-state index contributed by atoms with van der Waals surface area (Å²) >= 11 is 0. The van der Waals surface area contributed by atoms with Gasteiger partial charge in [-0.1, -0.05) is 24.3 Å². The number of rotatable bonds is 2.